The third-order valence-electron chi connectivity index (χ3n) is 1.51. The fourth-order valence-corrected chi connectivity index (χ4v) is 1.10. The number of hydrogen-bond donors (Lipinski definition) is 0. The predicted octanol–water partition coefficient (Wildman–Crippen LogP) is 4.20. The molecule has 11 heavy (non-hydrogen) atoms. The molecule has 0 N–H and O–H groups in total. The number of allylic oxidation sites excluding steroid dienone is 2. The Morgan fingerprint density at radius 2 is 2.09 bits per heavy atom. The molecule has 2 heteroatoms. The first-order valence-corrected chi connectivity index (χ1v) is 5.13. The van der Waals surface area contributed by atoms with E-state index in [1.165, 1.54) is 25.7 Å². The van der Waals surface area contributed by atoms with E-state index in [1.807, 2.05) is 6.08 Å². The second-order valence-electron chi connectivity index (χ2n) is 2.61. The SMILES string of the molecule is CCCCCCC=CC(F)Br. The maximum atomic E-state index is 12.1. The van der Waals surface area contributed by atoms with Gasteiger partial charge in [0.05, 0.1) is 0 Å². The molecule has 0 aromatic carbocycles. The molecule has 0 radical (unpaired) electrons. The molecule has 0 nitrogen and oxygen atoms in total. The van der Waals surface area contributed by atoms with Gasteiger partial charge in [-0.15, -0.1) is 0 Å². The molecular formula is C9H16BrF. The molecule has 0 saturated carbocycles. The van der Waals surface area contributed by atoms with Gasteiger partial charge in [-0.25, -0.2) is 4.39 Å². The summed E-state index contributed by atoms with van der Waals surface area (Å²) in [5, 5.41) is -0.964. The van der Waals surface area contributed by atoms with E-state index >= 15 is 0 Å². The van der Waals surface area contributed by atoms with Gasteiger partial charge in [0.2, 0.25) is 0 Å². The van der Waals surface area contributed by atoms with Gasteiger partial charge in [0, 0.05) is 0 Å². The van der Waals surface area contributed by atoms with Crippen LogP contribution in [-0.4, -0.2) is 5.08 Å². The number of halogens is 2. The number of unbranched alkanes of at least 4 members (excludes halogenated alkanes) is 4. The summed E-state index contributed by atoms with van der Waals surface area (Å²) in [5.41, 5.74) is 0. The lowest BCUT2D eigenvalue weighted by Gasteiger charge is -1.93. The third-order valence-corrected chi connectivity index (χ3v) is 1.81. The van der Waals surface area contributed by atoms with Crippen molar-refractivity contribution in [1.29, 1.82) is 0 Å². The van der Waals surface area contributed by atoms with E-state index in [0.29, 0.717) is 0 Å². The van der Waals surface area contributed by atoms with Crippen molar-refractivity contribution >= 4 is 15.9 Å². The molecule has 0 aromatic rings. The van der Waals surface area contributed by atoms with Gasteiger partial charge in [0.1, 0.15) is 0 Å². The van der Waals surface area contributed by atoms with Crippen molar-refractivity contribution in [3.05, 3.63) is 12.2 Å². The maximum absolute atomic E-state index is 12.1. The minimum absolute atomic E-state index is 0.964. The summed E-state index contributed by atoms with van der Waals surface area (Å²) in [6.45, 7) is 2.19. The largest absolute Gasteiger partial charge is 0.230 e. The lowest BCUT2D eigenvalue weighted by atomic mass is 10.1. The van der Waals surface area contributed by atoms with Crippen LogP contribution in [-0.2, 0) is 0 Å². The van der Waals surface area contributed by atoms with Crippen LogP contribution in [0, 0.1) is 0 Å². The fraction of sp³-hybridized carbons (Fsp3) is 0.778. The average molecular weight is 223 g/mol. The lowest BCUT2D eigenvalue weighted by molar-refractivity contribution is 0.527. The van der Waals surface area contributed by atoms with E-state index in [0.717, 1.165) is 6.42 Å². The summed E-state index contributed by atoms with van der Waals surface area (Å²) < 4.78 is 12.1. The zero-order valence-electron chi connectivity index (χ0n) is 7.02. The van der Waals surface area contributed by atoms with Crippen LogP contribution >= 0.6 is 15.9 Å². The molecule has 0 aliphatic rings. The normalized spacial score (nSPS) is 14.1. The van der Waals surface area contributed by atoms with Crippen molar-refractivity contribution in [2.45, 2.75) is 44.1 Å². The summed E-state index contributed by atoms with van der Waals surface area (Å²) >= 11 is 2.80. The number of rotatable bonds is 6. The van der Waals surface area contributed by atoms with Crippen LogP contribution in [0.1, 0.15) is 39.0 Å². The molecule has 0 saturated heterocycles. The molecule has 0 amide bonds. The standard InChI is InChI=1S/C9H16BrF/c1-2-3-4-5-6-7-8-9(10)11/h7-9H,2-6H2,1H3. The highest BCUT2D eigenvalue weighted by Crippen LogP contribution is 2.06. The van der Waals surface area contributed by atoms with Crippen molar-refractivity contribution in [2.75, 3.05) is 0 Å². The quantitative estimate of drug-likeness (QED) is 0.359. The van der Waals surface area contributed by atoms with Gasteiger partial charge in [0.25, 0.3) is 0 Å². The minimum atomic E-state index is -0.964. The molecule has 0 spiro atoms. The van der Waals surface area contributed by atoms with Crippen molar-refractivity contribution in [1.82, 2.24) is 0 Å². The van der Waals surface area contributed by atoms with E-state index in [1.54, 1.807) is 6.08 Å². The van der Waals surface area contributed by atoms with E-state index in [2.05, 4.69) is 22.9 Å². The molecular weight excluding hydrogens is 207 g/mol. The molecule has 0 aliphatic carbocycles. The highest BCUT2D eigenvalue weighted by molar-refractivity contribution is 9.09. The fourth-order valence-electron chi connectivity index (χ4n) is 0.888. The highest BCUT2D eigenvalue weighted by Gasteiger charge is 1.89. The van der Waals surface area contributed by atoms with Crippen LogP contribution in [0.25, 0.3) is 0 Å². The van der Waals surface area contributed by atoms with Gasteiger partial charge in [-0.3, -0.25) is 0 Å². The van der Waals surface area contributed by atoms with Gasteiger partial charge < -0.3 is 0 Å². The second kappa shape index (κ2) is 8.25. The molecule has 0 rings (SSSR count). The Balaban J connectivity index is 3.01. The van der Waals surface area contributed by atoms with Crippen molar-refractivity contribution in [3.63, 3.8) is 0 Å². The first-order chi connectivity index (χ1) is 5.27. The van der Waals surface area contributed by atoms with Crippen LogP contribution in [0.15, 0.2) is 12.2 Å². The summed E-state index contributed by atoms with van der Waals surface area (Å²) in [5.74, 6) is 0. The number of hydrogen-bond acceptors (Lipinski definition) is 0. The first kappa shape index (κ1) is 11.2. The van der Waals surface area contributed by atoms with Crippen LogP contribution < -0.4 is 0 Å². The minimum Gasteiger partial charge on any atom is -0.230 e. The molecule has 0 bridgehead atoms. The summed E-state index contributed by atoms with van der Waals surface area (Å²) in [6.07, 6.45) is 9.45. The third kappa shape index (κ3) is 10.2. The van der Waals surface area contributed by atoms with Gasteiger partial charge in [-0.1, -0.05) is 32.3 Å². The molecule has 1 atom stereocenters. The second-order valence-corrected chi connectivity index (χ2v) is 3.49. The van der Waals surface area contributed by atoms with Crippen LogP contribution in [0.3, 0.4) is 0 Å². The Bertz CT molecular complexity index is 99.7. The number of alkyl halides is 2. The maximum Gasteiger partial charge on any atom is 0.173 e. The smallest absolute Gasteiger partial charge is 0.173 e. The Kier molecular flexibility index (Phi) is 8.36. The van der Waals surface area contributed by atoms with E-state index < -0.39 is 5.08 Å². The van der Waals surface area contributed by atoms with E-state index in [4.69, 9.17) is 0 Å². The molecule has 1 unspecified atom stereocenters. The van der Waals surface area contributed by atoms with Crippen LogP contribution in [0.4, 0.5) is 4.39 Å². The van der Waals surface area contributed by atoms with Crippen molar-refractivity contribution < 1.29 is 4.39 Å². The summed E-state index contributed by atoms with van der Waals surface area (Å²) in [6, 6.07) is 0. The Labute approximate surface area is 77.0 Å². The first-order valence-electron chi connectivity index (χ1n) is 4.22. The van der Waals surface area contributed by atoms with Gasteiger partial charge in [-0.2, -0.15) is 0 Å². The monoisotopic (exact) mass is 222 g/mol. The average Bonchev–Trinajstić information content (AvgIpc) is 1.96. The topological polar surface area (TPSA) is 0 Å². The van der Waals surface area contributed by atoms with Crippen LogP contribution in [0.5, 0.6) is 0 Å². The predicted molar refractivity (Wildman–Crippen MR) is 51.7 cm³/mol. The molecule has 0 aliphatic heterocycles. The van der Waals surface area contributed by atoms with Crippen molar-refractivity contribution in [2.24, 2.45) is 0 Å². The van der Waals surface area contributed by atoms with Gasteiger partial charge in [0.15, 0.2) is 5.08 Å². The van der Waals surface area contributed by atoms with Crippen molar-refractivity contribution in [3.8, 4) is 0 Å². The molecule has 0 aromatic heterocycles. The van der Waals surface area contributed by atoms with Gasteiger partial charge in [-0.05, 0) is 34.8 Å². The summed E-state index contributed by atoms with van der Waals surface area (Å²) in [7, 11) is 0. The van der Waals surface area contributed by atoms with Crippen LogP contribution in [0.2, 0.25) is 0 Å². The zero-order chi connectivity index (χ0) is 8.53. The Morgan fingerprint density at radius 1 is 1.36 bits per heavy atom. The molecule has 0 heterocycles. The van der Waals surface area contributed by atoms with E-state index in [-0.39, 0.29) is 0 Å². The zero-order valence-corrected chi connectivity index (χ0v) is 8.61. The molecule has 66 valence electrons. The lowest BCUT2D eigenvalue weighted by Crippen LogP contribution is -1.78. The Hall–Kier alpha value is 0.150. The van der Waals surface area contributed by atoms with E-state index in [9.17, 15) is 4.39 Å². The summed E-state index contributed by atoms with van der Waals surface area (Å²) in [4.78, 5) is 0. The Morgan fingerprint density at radius 3 is 2.64 bits per heavy atom. The highest BCUT2D eigenvalue weighted by atomic mass is 79.9. The van der Waals surface area contributed by atoms with Gasteiger partial charge >= 0.3 is 0 Å². The molecule has 0 fully saturated rings.